The van der Waals surface area contributed by atoms with Crippen LogP contribution in [0.5, 0.6) is 0 Å². The molecule has 0 amide bonds. The van der Waals surface area contributed by atoms with Crippen molar-refractivity contribution in [2.45, 2.75) is 40.0 Å². The molecule has 18 heavy (non-hydrogen) atoms. The van der Waals surface area contributed by atoms with Crippen LogP contribution < -0.4 is 0 Å². The van der Waals surface area contributed by atoms with Crippen LogP contribution in [0.15, 0.2) is 0 Å². The van der Waals surface area contributed by atoms with E-state index in [2.05, 4.69) is 4.74 Å². The first-order valence-electron chi connectivity index (χ1n) is 6.43. The minimum atomic E-state index is -0.516. The predicted molar refractivity (Wildman–Crippen MR) is 63.4 cm³/mol. The monoisotopic (exact) mass is 256 g/mol. The molecule has 1 fully saturated rings. The van der Waals surface area contributed by atoms with Crippen molar-refractivity contribution in [1.29, 1.82) is 0 Å². The van der Waals surface area contributed by atoms with E-state index >= 15 is 0 Å². The van der Waals surface area contributed by atoms with Crippen LogP contribution in [0.2, 0.25) is 0 Å². The van der Waals surface area contributed by atoms with Gasteiger partial charge < -0.3 is 9.47 Å². The van der Waals surface area contributed by atoms with E-state index in [1.807, 2.05) is 6.92 Å². The summed E-state index contributed by atoms with van der Waals surface area (Å²) in [5.74, 6) is -2.62. The molecule has 102 valence electrons. The number of carbonyl (C=O) groups is 3. The fraction of sp³-hybridized carbons (Fsp3) is 0.769. The van der Waals surface area contributed by atoms with Crippen LogP contribution in [0, 0.1) is 17.8 Å². The molecular formula is C13H20O5. The van der Waals surface area contributed by atoms with Crippen LogP contribution in [0.3, 0.4) is 0 Å². The fourth-order valence-corrected chi connectivity index (χ4v) is 2.18. The summed E-state index contributed by atoms with van der Waals surface area (Å²) in [5, 5.41) is 0. The minimum Gasteiger partial charge on any atom is -0.466 e. The lowest BCUT2D eigenvalue weighted by atomic mass is 9.85. The van der Waals surface area contributed by atoms with Gasteiger partial charge in [0.15, 0.2) is 0 Å². The minimum absolute atomic E-state index is 0.293. The maximum absolute atomic E-state index is 11.8. The Kier molecular flexibility index (Phi) is 5.31. The summed E-state index contributed by atoms with van der Waals surface area (Å²) >= 11 is 0. The second kappa shape index (κ2) is 6.52. The van der Waals surface area contributed by atoms with Crippen molar-refractivity contribution in [1.82, 2.24) is 0 Å². The highest BCUT2D eigenvalue weighted by Gasteiger charge is 2.43. The lowest BCUT2D eigenvalue weighted by molar-refractivity contribution is -0.153. The van der Waals surface area contributed by atoms with Crippen LogP contribution >= 0.6 is 0 Å². The highest BCUT2D eigenvalue weighted by molar-refractivity contribution is 5.96. The Hall–Kier alpha value is -1.39. The standard InChI is InChI=1S/C13H20O5/c1-4-6-9(12(15)17-5-2)7-10-8(3)11(14)18-13(10)16/h8-10H,4-7H2,1-3H3. The zero-order valence-corrected chi connectivity index (χ0v) is 11.1. The van der Waals surface area contributed by atoms with Crippen molar-refractivity contribution >= 4 is 17.9 Å². The molecule has 0 saturated carbocycles. The Bertz CT molecular complexity index is 336. The molecule has 0 aliphatic carbocycles. The maximum atomic E-state index is 11.8. The lowest BCUT2D eigenvalue weighted by Crippen LogP contribution is -2.25. The van der Waals surface area contributed by atoms with Gasteiger partial charge in [-0.25, -0.2) is 0 Å². The highest BCUT2D eigenvalue weighted by atomic mass is 16.6. The fourth-order valence-electron chi connectivity index (χ4n) is 2.18. The van der Waals surface area contributed by atoms with E-state index in [0.29, 0.717) is 19.4 Å². The molecule has 0 N–H and O–H groups in total. The topological polar surface area (TPSA) is 69.7 Å². The van der Waals surface area contributed by atoms with Gasteiger partial charge in [0.2, 0.25) is 0 Å². The van der Waals surface area contributed by atoms with Crippen LogP contribution in [0.4, 0.5) is 0 Å². The Balaban J connectivity index is 2.68. The largest absolute Gasteiger partial charge is 0.466 e. The number of rotatable bonds is 6. The third kappa shape index (κ3) is 3.31. The number of esters is 3. The van der Waals surface area contributed by atoms with Crippen molar-refractivity contribution in [3.8, 4) is 0 Å². The van der Waals surface area contributed by atoms with Gasteiger partial charge in [-0.15, -0.1) is 0 Å². The van der Waals surface area contributed by atoms with Crippen molar-refractivity contribution < 1.29 is 23.9 Å². The summed E-state index contributed by atoms with van der Waals surface area (Å²) in [6.07, 6.45) is 1.81. The number of carbonyl (C=O) groups excluding carboxylic acids is 3. The molecule has 3 atom stereocenters. The molecule has 5 heteroatoms. The summed E-state index contributed by atoms with van der Waals surface area (Å²) in [4.78, 5) is 34.5. The predicted octanol–water partition coefficient (Wildman–Crippen LogP) is 1.69. The Labute approximate surface area is 107 Å². The number of ether oxygens (including phenoxy) is 2. The van der Waals surface area contributed by atoms with Crippen LogP contribution in [-0.4, -0.2) is 24.5 Å². The molecular weight excluding hydrogens is 236 g/mol. The third-order valence-electron chi connectivity index (χ3n) is 3.27. The molecule has 1 saturated heterocycles. The average molecular weight is 256 g/mol. The lowest BCUT2D eigenvalue weighted by Gasteiger charge is -2.18. The molecule has 3 unspecified atom stereocenters. The smallest absolute Gasteiger partial charge is 0.317 e. The van der Waals surface area contributed by atoms with Gasteiger partial charge in [-0.1, -0.05) is 20.3 Å². The van der Waals surface area contributed by atoms with E-state index in [4.69, 9.17) is 4.74 Å². The molecule has 0 aromatic heterocycles. The second-order valence-corrected chi connectivity index (χ2v) is 4.61. The van der Waals surface area contributed by atoms with E-state index in [-0.39, 0.29) is 11.9 Å². The Morgan fingerprint density at radius 3 is 2.44 bits per heavy atom. The quantitative estimate of drug-likeness (QED) is 0.534. The third-order valence-corrected chi connectivity index (χ3v) is 3.27. The van der Waals surface area contributed by atoms with Gasteiger partial charge in [-0.3, -0.25) is 14.4 Å². The average Bonchev–Trinajstić information content (AvgIpc) is 2.55. The molecule has 1 rings (SSSR count). The summed E-state index contributed by atoms with van der Waals surface area (Å²) in [5.41, 5.74) is 0. The Morgan fingerprint density at radius 2 is 2.00 bits per heavy atom. The first-order valence-corrected chi connectivity index (χ1v) is 6.43. The maximum Gasteiger partial charge on any atom is 0.317 e. The van der Waals surface area contributed by atoms with E-state index < -0.39 is 23.8 Å². The van der Waals surface area contributed by atoms with Gasteiger partial charge in [0.05, 0.1) is 24.4 Å². The first kappa shape index (κ1) is 14.7. The summed E-state index contributed by atoms with van der Waals surface area (Å²) in [6, 6.07) is 0. The molecule has 0 bridgehead atoms. The van der Waals surface area contributed by atoms with E-state index in [1.165, 1.54) is 0 Å². The van der Waals surface area contributed by atoms with Crippen LogP contribution in [-0.2, 0) is 23.9 Å². The number of cyclic esters (lactones) is 2. The molecule has 1 heterocycles. The molecule has 1 aliphatic heterocycles. The van der Waals surface area contributed by atoms with Crippen molar-refractivity contribution in [3.63, 3.8) is 0 Å². The zero-order chi connectivity index (χ0) is 13.7. The second-order valence-electron chi connectivity index (χ2n) is 4.61. The molecule has 1 aliphatic rings. The molecule has 5 nitrogen and oxygen atoms in total. The van der Waals surface area contributed by atoms with E-state index in [1.54, 1.807) is 13.8 Å². The van der Waals surface area contributed by atoms with E-state index in [0.717, 1.165) is 6.42 Å². The molecule has 0 aromatic carbocycles. The van der Waals surface area contributed by atoms with E-state index in [9.17, 15) is 14.4 Å². The normalized spacial score (nSPS) is 24.8. The number of hydrogen-bond acceptors (Lipinski definition) is 5. The summed E-state index contributed by atoms with van der Waals surface area (Å²) in [6.45, 7) is 5.69. The Morgan fingerprint density at radius 1 is 1.33 bits per heavy atom. The van der Waals surface area contributed by atoms with Crippen molar-refractivity contribution in [3.05, 3.63) is 0 Å². The van der Waals surface area contributed by atoms with Crippen LogP contribution in [0.1, 0.15) is 40.0 Å². The van der Waals surface area contributed by atoms with Gasteiger partial charge in [0.1, 0.15) is 0 Å². The van der Waals surface area contributed by atoms with Crippen LogP contribution in [0.25, 0.3) is 0 Å². The van der Waals surface area contributed by atoms with Gasteiger partial charge >= 0.3 is 17.9 Å². The summed E-state index contributed by atoms with van der Waals surface area (Å²) < 4.78 is 9.56. The number of hydrogen-bond donors (Lipinski definition) is 0. The summed E-state index contributed by atoms with van der Waals surface area (Å²) in [7, 11) is 0. The molecule has 0 spiro atoms. The van der Waals surface area contributed by atoms with Gasteiger partial charge in [-0.05, 0) is 19.8 Å². The van der Waals surface area contributed by atoms with Gasteiger partial charge in [0.25, 0.3) is 0 Å². The van der Waals surface area contributed by atoms with Crippen molar-refractivity contribution in [2.24, 2.45) is 17.8 Å². The van der Waals surface area contributed by atoms with Crippen molar-refractivity contribution in [2.75, 3.05) is 6.61 Å². The SMILES string of the molecule is CCCC(CC1C(=O)OC(=O)C1C)C(=O)OCC. The highest BCUT2D eigenvalue weighted by Crippen LogP contribution is 2.31. The molecule has 0 aromatic rings. The first-order chi connectivity index (χ1) is 8.51. The molecule has 0 radical (unpaired) electrons. The zero-order valence-electron chi connectivity index (χ0n) is 11.1. The van der Waals surface area contributed by atoms with Gasteiger partial charge in [0, 0.05) is 0 Å². The van der Waals surface area contributed by atoms with Gasteiger partial charge in [-0.2, -0.15) is 0 Å².